The van der Waals surface area contributed by atoms with Crippen molar-refractivity contribution in [3.8, 4) is 0 Å². The number of nitrogens with one attached hydrogen (secondary N) is 1. The monoisotopic (exact) mass is 348 g/mol. The second kappa shape index (κ2) is 6.39. The van der Waals surface area contributed by atoms with Crippen molar-refractivity contribution in [2.45, 2.75) is 6.42 Å². The molecule has 0 aliphatic carbocycles. The number of carbonyl (C=O) groups excluding carboxylic acids is 3. The van der Waals surface area contributed by atoms with Crippen molar-refractivity contribution in [3.63, 3.8) is 0 Å². The van der Waals surface area contributed by atoms with Crippen LogP contribution >= 0.6 is 0 Å². The second-order valence-electron chi connectivity index (χ2n) is 5.33. The molecular weight excluding hydrogens is 337 g/mol. The zero-order chi connectivity index (χ0) is 18.1. The maximum absolute atomic E-state index is 13.5. The predicted octanol–water partition coefficient (Wildman–Crippen LogP) is 2.73. The number of carbonyl (C=O) groups is 3. The lowest BCUT2D eigenvalue weighted by molar-refractivity contribution is -0.116. The van der Waals surface area contributed by atoms with E-state index in [0.29, 0.717) is 6.07 Å². The quantitative estimate of drug-likeness (QED) is 0.682. The van der Waals surface area contributed by atoms with Crippen molar-refractivity contribution < 1.29 is 27.6 Å². The fraction of sp³-hybridized carbons (Fsp3) is 0.118. The Kier molecular flexibility index (Phi) is 4.26. The van der Waals surface area contributed by atoms with Crippen LogP contribution in [0.1, 0.15) is 27.1 Å². The molecule has 2 aromatic carbocycles. The van der Waals surface area contributed by atoms with E-state index in [1.165, 1.54) is 12.1 Å². The van der Waals surface area contributed by atoms with Crippen LogP contribution in [-0.4, -0.2) is 29.2 Å². The summed E-state index contributed by atoms with van der Waals surface area (Å²) in [7, 11) is 0. The first-order valence-electron chi connectivity index (χ1n) is 7.28. The molecule has 3 rings (SSSR count). The van der Waals surface area contributed by atoms with Crippen LogP contribution < -0.4 is 5.32 Å². The maximum Gasteiger partial charge on any atom is 0.261 e. The summed E-state index contributed by atoms with van der Waals surface area (Å²) in [5, 5.41) is 2.08. The highest BCUT2D eigenvalue weighted by Crippen LogP contribution is 2.23. The van der Waals surface area contributed by atoms with E-state index in [2.05, 4.69) is 5.32 Å². The first-order valence-corrected chi connectivity index (χ1v) is 7.28. The predicted molar refractivity (Wildman–Crippen MR) is 81.4 cm³/mol. The Morgan fingerprint density at radius 2 is 1.52 bits per heavy atom. The molecule has 0 unspecified atom stereocenters. The number of nitrogens with zero attached hydrogens (tertiary/aromatic N) is 1. The summed E-state index contributed by atoms with van der Waals surface area (Å²) in [5.74, 6) is -6.38. The van der Waals surface area contributed by atoms with Gasteiger partial charge in [0.2, 0.25) is 5.91 Å². The molecule has 0 atom stereocenters. The van der Waals surface area contributed by atoms with Gasteiger partial charge in [-0.25, -0.2) is 13.2 Å². The zero-order valence-electron chi connectivity index (χ0n) is 12.7. The number of hydrogen-bond donors (Lipinski definition) is 1. The fourth-order valence-electron chi connectivity index (χ4n) is 2.49. The Hall–Kier alpha value is -3.16. The van der Waals surface area contributed by atoms with Gasteiger partial charge in [0.15, 0.2) is 17.5 Å². The summed E-state index contributed by atoms with van der Waals surface area (Å²) >= 11 is 0. The number of amides is 3. The molecule has 0 saturated heterocycles. The smallest absolute Gasteiger partial charge is 0.261 e. The third-order valence-corrected chi connectivity index (χ3v) is 3.75. The van der Waals surface area contributed by atoms with Crippen molar-refractivity contribution in [1.82, 2.24) is 4.90 Å². The topological polar surface area (TPSA) is 66.5 Å². The van der Waals surface area contributed by atoms with E-state index in [0.717, 1.165) is 11.0 Å². The van der Waals surface area contributed by atoms with Crippen molar-refractivity contribution in [1.29, 1.82) is 0 Å². The molecular formula is C17H11F3N2O3. The van der Waals surface area contributed by atoms with Crippen LogP contribution in [0, 0.1) is 17.5 Å². The van der Waals surface area contributed by atoms with Gasteiger partial charge in [-0.3, -0.25) is 19.3 Å². The minimum Gasteiger partial charge on any atom is -0.323 e. The van der Waals surface area contributed by atoms with E-state index in [1.807, 2.05) is 0 Å². The SMILES string of the molecule is O=C(CCN1C(=O)c2ccccc2C1=O)Nc1ccc(F)c(F)c1F. The standard InChI is InChI=1S/C17H11F3N2O3/c18-11-5-6-12(15(20)14(11)19)21-13(23)7-8-22-16(24)9-3-1-2-4-10(9)17(22)25/h1-6H,7-8H2,(H,21,23). The largest absolute Gasteiger partial charge is 0.323 e. The van der Waals surface area contributed by atoms with Crippen molar-refractivity contribution in [3.05, 3.63) is 65.0 Å². The minimum atomic E-state index is -1.70. The molecule has 0 bridgehead atoms. The molecule has 1 aliphatic rings. The van der Waals surface area contributed by atoms with Gasteiger partial charge < -0.3 is 5.32 Å². The molecule has 3 amide bonds. The van der Waals surface area contributed by atoms with Crippen molar-refractivity contribution in [2.75, 3.05) is 11.9 Å². The average Bonchev–Trinajstić information content (AvgIpc) is 2.85. The van der Waals surface area contributed by atoms with E-state index < -0.39 is 40.9 Å². The normalized spacial score (nSPS) is 13.2. The lowest BCUT2D eigenvalue weighted by Gasteiger charge is -2.13. The number of hydrogen-bond acceptors (Lipinski definition) is 3. The van der Waals surface area contributed by atoms with Gasteiger partial charge in [-0.05, 0) is 24.3 Å². The van der Waals surface area contributed by atoms with Crippen LogP contribution in [0.4, 0.5) is 18.9 Å². The molecule has 2 aromatic rings. The van der Waals surface area contributed by atoms with Gasteiger partial charge in [0.25, 0.3) is 11.8 Å². The first kappa shape index (κ1) is 16.7. The van der Waals surface area contributed by atoms with Gasteiger partial charge in [0, 0.05) is 13.0 Å². The van der Waals surface area contributed by atoms with Gasteiger partial charge >= 0.3 is 0 Å². The first-order chi connectivity index (χ1) is 11.9. The van der Waals surface area contributed by atoms with Crippen LogP contribution in [0.5, 0.6) is 0 Å². The van der Waals surface area contributed by atoms with Crippen LogP contribution in [-0.2, 0) is 4.79 Å². The summed E-state index contributed by atoms with van der Waals surface area (Å²) < 4.78 is 39.5. The van der Waals surface area contributed by atoms with Gasteiger partial charge in [0.05, 0.1) is 16.8 Å². The summed E-state index contributed by atoms with van der Waals surface area (Å²) in [6.07, 6.45) is -0.316. The van der Waals surface area contributed by atoms with Crippen LogP contribution in [0.3, 0.4) is 0 Å². The highest BCUT2D eigenvalue weighted by atomic mass is 19.2. The minimum absolute atomic E-state index is 0.219. The number of fused-ring (bicyclic) bond motifs is 1. The second-order valence-corrected chi connectivity index (χ2v) is 5.33. The van der Waals surface area contributed by atoms with Gasteiger partial charge in [-0.15, -0.1) is 0 Å². The zero-order valence-corrected chi connectivity index (χ0v) is 12.7. The highest BCUT2D eigenvalue weighted by Gasteiger charge is 2.35. The van der Waals surface area contributed by atoms with Crippen LogP contribution in [0.15, 0.2) is 36.4 Å². The molecule has 25 heavy (non-hydrogen) atoms. The molecule has 0 saturated carbocycles. The molecule has 1 aliphatic heterocycles. The molecule has 1 heterocycles. The molecule has 0 radical (unpaired) electrons. The average molecular weight is 348 g/mol. The summed E-state index contributed by atoms with van der Waals surface area (Å²) in [4.78, 5) is 37.0. The lowest BCUT2D eigenvalue weighted by Crippen LogP contribution is -2.33. The molecule has 0 fully saturated rings. The Morgan fingerprint density at radius 3 is 2.12 bits per heavy atom. The Morgan fingerprint density at radius 1 is 0.920 bits per heavy atom. The number of imide groups is 1. The van der Waals surface area contributed by atoms with Crippen LogP contribution in [0.25, 0.3) is 0 Å². The number of anilines is 1. The summed E-state index contributed by atoms with van der Waals surface area (Å²) in [6.45, 7) is -0.219. The third-order valence-electron chi connectivity index (χ3n) is 3.75. The molecule has 5 nitrogen and oxygen atoms in total. The van der Waals surface area contributed by atoms with E-state index in [-0.39, 0.29) is 24.1 Å². The number of rotatable bonds is 4. The molecule has 8 heteroatoms. The number of halogens is 3. The van der Waals surface area contributed by atoms with Crippen molar-refractivity contribution >= 4 is 23.4 Å². The van der Waals surface area contributed by atoms with E-state index in [1.54, 1.807) is 12.1 Å². The summed E-state index contributed by atoms with van der Waals surface area (Å²) in [6, 6.07) is 7.81. The van der Waals surface area contributed by atoms with Gasteiger partial charge in [-0.2, -0.15) is 0 Å². The van der Waals surface area contributed by atoms with E-state index in [4.69, 9.17) is 0 Å². The van der Waals surface area contributed by atoms with Crippen LogP contribution in [0.2, 0.25) is 0 Å². The Balaban J connectivity index is 1.65. The Labute approximate surface area is 140 Å². The van der Waals surface area contributed by atoms with E-state index >= 15 is 0 Å². The maximum atomic E-state index is 13.5. The molecule has 0 aromatic heterocycles. The van der Waals surface area contributed by atoms with Crippen molar-refractivity contribution in [2.24, 2.45) is 0 Å². The molecule has 0 spiro atoms. The fourth-order valence-corrected chi connectivity index (χ4v) is 2.49. The van der Waals surface area contributed by atoms with Gasteiger partial charge in [0.1, 0.15) is 0 Å². The third kappa shape index (κ3) is 2.98. The van der Waals surface area contributed by atoms with E-state index in [9.17, 15) is 27.6 Å². The van der Waals surface area contributed by atoms with Gasteiger partial charge in [-0.1, -0.05) is 12.1 Å². The highest BCUT2D eigenvalue weighted by molar-refractivity contribution is 6.21. The Bertz CT molecular complexity index is 864. The lowest BCUT2D eigenvalue weighted by atomic mass is 10.1. The summed E-state index contributed by atoms with van der Waals surface area (Å²) in [5.41, 5.74) is -0.0228. The number of benzene rings is 2. The molecule has 1 N–H and O–H groups in total. The molecule has 128 valence electrons.